The summed E-state index contributed by atoms with van der Waals surface area (Å²) in [5.41, 5.74) is 16.4. The third kappa shape index (κ3) is 5.63. The zero-order chi connectivity index (χ0) is 42.1. The Labute approximate surface area is 369 Å². The molecule has 300 valence electrons. The summed E-state index contributed by atoms with van der Waals surface area (Å²) in [6.07, 6.45) is 0. The van der Waals surface area contributed by atoms with Crippen LogP contribution in [0.3, 0.4) is 0 Å². The van der Waals surface area contributed by atoms with Crippen molar-refractivity contribution in [1.82, 2.24) is 9.13 Å². The summed E-state index contributed by atoms with van der Waals surface area (Å²) in [6, 6.07) is 85.0. The molecule has 3 aromatic heterocycles. The first-order valence-electron chi connectivity index (χ1n) is 21.8. The Morgan fingerprint density at radius 3 is 1.42 bits per heavy atom. The van der Waals surface area contributed by atoms with Crippen LogP contribution in [0, 0.1) is 0 Å². The molecule has 10 aromatic carbocycles. The molecule has 3 heterocycles. The zero-order valence-corrected chi connectivity index (χ0v) is 34.8. The number of hydrogen-bond donors (Lipinski definition) is 0. The lowest BCUT2D eigenvalue weighted by molar-refractivity contribution is 0.670. The van der Waals surface area contributed by atoms with Crippen LogP contribution < -0.4 is 4.90 Å². The molecule has 0 bridgehead atoms. The van der Waals surface area contributed by atoms with Gasteiger partial charge >= 0.3 is 0 Å². The van der Waals surface area contributed by atoms with Crippen molar-refractivity contribution in [3.63, 3.8) is 0 Å². The molecule has 4 heteroatoms. The van der Waals surface area contributed by atoms with Gasteiger partial charge in [0.05, 0.1) is 27.8 Å². The molecule has 0 unspecified atom stereocenters. The van der Waals surface area contributed by atoms with Crippen LogP contribution in [0.4, 0.5) is 17.1 Å². The monoisotopic (exact) mass is 817 g/mol. The second-order valence-corrected chi connectivity index (χ2v) is 16.5. The minimum absolute atomic E-state index is 0.887. The standard InChI is InChI=1S/C60H39N3O/c1-3-16-42(17-4-1)61(43-18-5-2-6-19-43)44-34-30-40(31-35-44)41-32-36-45(37-33-41)62-54-26-11-9-22-48(54)52-38-58(63-55-27-12-7-20-46(55)47-21-8-13-28-56(47)63)53(39-57(52)62)51-25-15-24-50-49-23-10-14-29-59(49)64-60(50)51/h1-39H. The van der Waals surface area contributed by atoms with E-state index in [0.717, 1.165) is 83.7 Å². The quantitative estimate of drug-likeness (QED) is 0.160. The summed E-state index contributed by atoms with van der Waals surface area (Å²) in [5, 5.41) is 7.08. The molecule has 0 atom stereocenters. The van der Waals surface area contributed by atoms with E-state index in [-0.39, 0.29) is 0 Å². The fourth-order valence-corrected chi connectivity index (χ4v) is 10.0. The van der Waals surface area contributed by atoms with E-state index in [0.29, 0.717) is 0 Å². The van der Waals surface area contributed by atoms with Gasteiger partial charge in [-0.05, 0) is 96.1 Å². The van der Waals surface area contributed by atoms with Gasteiger partial charge < -0.3 is 18.5 Å². The van der Waals surface area contributed by atoms with E-state index in [4.69, 9.17) is 4.42 Å². The van der Waals surface area contributed by atoms with Gasteiger partial charge in [0.25, 0.3) is 0 Å². The molecule has 4 nitrogen and oxygen atoms in total. The largest absolute Gasteiger partial charge is 0.455 e. The van der Waals surface area contributed by atoms with Gasteiger partial charge in [-0.15, -0.1) is 0 Å². The van der Waals surface area contributed by atoms with Gasteiger partial charge in [0.1, 0.15) is 11.2 Å². The normalized spacial score (nSPS) is 11.8. The lowest BCUT2D eigenvalue weighted by atomic mass is 9.98. The minimum Gasteiger partial charge on any atom is -0.455 e. The Balaban J connectivity index is 0.994. The Morgan fingerprint density at radius 2 is 0.797 bits per heavy atom. The van der Waals surface area contributed by atoms with Crippen LogP contribution in [0.15, 0.2) is 241 Å². The molecule has 0 spiro atoms. The Kier molecular flexibility index (Phi) is 8.18. The highest BCUT2D eigenvalue weighted by atomic mass is 16.3. The number of furan rings is 1. The van der Waals surface area contributed by atoms with Gasteiger partial charge in [0.2, 0.25) is 0 Å². The van der Waals surface area contributed by atoms with Gasteiger partial charge in [-0.25, -0.2) is 0 Å². The Morgan fingerprint density at radius 1 is 0.312 bits per heavy atom. The third-order valence-electron chi connectivity index (χ3n) is 12.9. The SMILES string of the molecule is c1ccc(N(c2ccccc2)c2ccc(-c3ccc(-n4c5ccccc5c5cc(-n6c7ccccc7c7ccccc76)c(-c6cccc7c6oc6ccccc67)cc54)cc3)cc2)cc1. The van der Waals surface area contributed by atoms with Crippen LogP contribution in [-0.4, -0.2) is 9.13 Å². The Bertz CT molecular complexity index is 3780. The first kappa shape index (κ1) is 36.1. The maximum absolute atomic E-state index is 6.77. The molecule has 0 radical (unpaired) electrons. The Hall–Kier alpha value is -8.60. The maximum atomic E-state index is 6.77. The van der Waals surface area contributed by atoms with Crippen molar-refractivity contribution < 1.29 is 4.42 Å². The summed E-state index contributed by atoms with van der Waals surface area (Å²) >= 11 is 0. The number of nitrogens with zero attached hydrogens (tertiary/aromatic N) is 3. The zero-order valence-electron chi connectivity index (χ0n) is 34.8. The van der Waals surface area contributed by atoms with Crippen molar-refractivity contribution in [3.05, 3.63) is 237 Å². The highest BCUT2D eigenvalue weighted by Gasteiger charge is 2.23. The highest BCUT2D eigenvalue weighted by Crippen LogP contribution is 2.45. The summed E-state index contributed by atoms with van der Waals surface area (Å²) in [7, 11) is 0. The van der Waals surface area contributed by atoms with E-state index >= 15 is 0 Å². The molecule has 13 rings (SSSR count). The second-order valence-electron chi connectivity index (χ2n) is 16.5. The van der Waals surface area contributed by atoms with E-state index < -0.39 is 0 Å². The average Bonchev–Trinajstić information content (AvgIpc) is 4.02. The molecule has 0 aliphatic carbocycles. The van der Waals surface area contributed by atoms with Crippen molar-refractivity contribution in [2.24, 2.45) is 0 Å². The van der Waals surface area contributed by atoms with Crippen LogP contribution in [0.25, 0.3) is 99.2 Å². The molecule has 0 saturated heterocycles. The van der Waals surface area contributed by atoms with E-state index in [2.05, 4.69) is 245 Å². The third-order valence-corrected chi connectivity index (χ3v) is 12.9. The number of para-hydroxylation sites is 7. The number of hydrogen-bond acceptors (Lipinski definition) is 2. The molecule has 0 amide bonds. The van der Waals surface area contributed by atoms with Gasteiger partial charge in [-0.3, -0.25) is 0 Å². The molecule has 0 fully saturated rings. The molecule has 0 aliphatic heterocycles. The number of fused-ring (bicyclic) bond motifs is 9. The highest BCUT2D eigenvalue weighted by molar-refractivity contribution is 6.16. The summed E-state index contributed by atoms with van der Waals surface area (Å²) < 4.78 is 11.6. The second kappa shape index (κ2) is 14.5. The molecule has 0 aliphatic rings. The smallest absolute Gasteiger partial charge is 0.143 e. The van der Waals surface area contributed by atoms with Crippen molar-refractivity contribution in [2.45, 2.75) is 0 Å². The van der Waals surface area contributed by atoms with Crippen LogP contribution in [0.2, 0.25) is 0 Å². The van der Waals surface area contributed by atoms with Crippen molar-refractivity contribution in [3.8, 4) is 33.6 Å². The van der Waals surface area contributed by atoms with E-state index in [1.165, 1.54) is 32.6 Å². The van der Waals surface area contributed by atoms with Crippen LogP contribution in [-0.2, 0) is 0 Å². The number of anilines is 3. The predicted molar refractivity (Wildman–Crippen MR) is 268 cm³/mol. The molecular formula is C60H39N3O. The average molecular weight is 818 g/mol. The lowest BCUT2D eigenvalue weighted by Crippen LogP contribution is -2.09. The minimum atomic E-state index is 0.887. The van der Waals surface area contributed by atoms with Crippen molar-refractivity contribution in [2.75, 3.05) is 4.90 Å². The summed E-state index contributed by atoms with van der Waals surface area (Å²) in [6.45, 7) is 0. The van der Waals surface area contributed by atoms with Crippen LogP contribution in [0.5, 0.6) is 0 Å². The van der Waals surface area contributed by atoms with Crippen molar-refractivity contribution >= 4 is 82.6 Å². The van der Waals surface area contributed by atoms with Crippen LogP contribution in [0.1, 0.15) is 0 Å². The first-order valence-corrected chi connectivity index (χ1v) is 21.8. The number of rotatable bonds is 7. The number of benzene rings is 10. The first-order chi connectivity index (χ1) is 31.8. The molecular weight excluding hydrogens is 779 g/mol. The van der Waals surface area contributed by atoms with E-state index in [9.17, 15) is 0 Å². The summed E-state index contributed by atoms with van der Waals surface area (Å²) in [5.74, 6) is 0. The molecule has 0 saturated carbocycles. The predicted octanol–water partition coefficient (Wildman–Crippen LogP) is 16.6. The maximum Gasteiger partial charge on any atom is 0.143 e. The number of aromatic nitrogens is 2. The fraction of sp³-hybridized carbons (Fsp3) is 0. The topological polar surface area (TPSA) is 26.2 Å². The lowest BCUT2D eigenvalue weighted by Gasteiger charge is -2.25. The fourth-order valence-electron chi connectivity index (χ4n) is 10.0. The van der Waals surface area contributed by atoms with Gasteiger partial charge in [0, 0.05) is 66.2 Å². The van der Waals surface area contributed by atoms with E-state index in [1.54, 1.807) is 0 Å². The van der Waals surface area contributed by atoms with Gasteiger partial charge in [-0.2, -0.15) is 0 Å². The molecule has 0 N–H and O–H groups in total. The molecule has 64 heavy (non-hydrogen) atoms. The molecule has 13 aromatic rings. The van der Waals surface area contributed by atoms with Gasteiger partial charge in [-0.1, -0.05) is 152 Å². The van der Waals surface area contributed by atoms with Crippen molar-refractivity contribution in [1.29, 1.82) is 0 Å². The summed E-state index contributed by atoms with van der Waals surface area (Å²) in [4.78, 5) is 2.30. The van der Waals surface area contributed by atoms with Gasteiger partial charge in [0.15, 0.2) is 0 Å². The van der Waals surface area contributed by atoms with Crippen LogP contribution >= 0.6 is 0 Å². The van der Waals surface area contributed by atoms with E-state index in [1.807, 2.05) is 6.07 Å².